The van der Waals surface area contributed by atoms with Crippen molar-refractivity contribution in [1.29, 1.82) is 0 Å². The van der Waals surface area contributed by atoms with E-state index in [1.807, 2.05) is 0 Å². The van der Waals surface area contributed by atoms with Gasteiger partial charge >= 0.3 is 0 Å². The highest BCUT2D eigenvalue weighted by Crippen LogP contribution is 2.34. The van der Waals surface area contributed by atoms with Gasteiger partial charge in [-0.15, -0.1) is 0 Å². The van der Waals surface area contributed by atoms with Crippen LogP contribution in [0.25, 0.3) is 0 Å². The van der Waals surface area contributed by atoms with E-state index in [1.54, 1.807) is 0 Å². The molecule has 4 N–H and O–H groups in total. The Morgan fingerprint density at radius 1 is 1.05 bits per heavy atom. The van der Waals surface area contributed by atoms with E-state index in [0.717, 1.165) is 0 Å². The summed E-state index contributed by atoms with van der Waals surface area (Å²) in [6.07, 6.45) is 0. The van der Waals surface area contributed by atoms with Crippen LogP contribution in [-0.2, 0) is 5.41 Å². The molecular formula is C18H32N2. The van der Waals surface area contributed by atoms with Crippen LogP contribution in [0.5, 0.6) is 0 Å². The minimum atomic E-state index is 0.187. The first-order valence-electron chi connectivity index (χ1n) is 7.73. The van der Waals surface area contributed by atoms with Crippen LogP contribution in [0.15, 0.2) is 18.2 Å². The standard InChI is InChI=1S/C18H32N2/c1-12-7-8-16(18(4,5)6)9-17(12)14(3)13(2)15(10-19)11-20/h7-9,13-15H,10-11,19-20H2,1-6H3. The molecule has 0 amide bonds. The minimum absolute atomic E-state index is 0.187. The Kier molecular flexibility index (Phi) is 5.79. The smallest absolute Gasteiger partial charge is 0.00340 e. The number of rotatable bonds is 5. The van der Waals surface area contributed by atoms with E-state index >= 15 is 0 Å². The summed E-state index contributed by atoms with van der Waals surface area (Å²) in [5, 5.41) is 0. The van der Waals surface area contributed by atoms with Gasteiger partial charge in [-0.05, 0) is 59.9 Å². The van der Waals surface area contributed by atoms with Crippen molar-refractivity contribution in [2.24, 2.45) is 23.3 Å². The van der Waals surface area contributed by atoms with E-state index in [0.29, 0.717) is 30.8 Å². The molecule has 0 aliphatic rings. The average molecular weight is 276 g/mol. The first-order chi connectivity index (χ1) is 9.22. The number of benzene rings is 1. The lowest BCUT2D eigenvalue weighted by atomic mass is 9.76. The maximum absolute atomic E-state index is 5.86. The monoisotopic (exact) mass is 276 g/mol. The summed E-state index contributed by atoms with van der Waals surface area (Å²) < 4.78 is 0. The maximum atomic E-state index is 5.86. The zero-order valence-electron chi connectivity index (χ0n) is 14.0. The molecule has 0 aliphatic heterocycles. The van der Waals surface area contributed by atoms with E-state index in [2.05, 4.69) is 59.7 Å². The van der Waals surface area contributed by atoms with Crippen LogP contribution in [0.1, 0.15) is 57.2 Å². The van der Waals surface area contributed by atoms with Crippen LogP contribution in [0.4, 0.5) is 0 Å². The molecule has 1 aromatic rings. The van der Waals surface area contributed by atoms with E-state index < -0.39 is 0 Å². The average Bonchev–Trinajstić information content (AvgIpc) is 2.38. The SMILES string of the molecule is Cc1ccc(C(C)(C)C)cc1C(C)C(C)C(CN)CN. The van der Waals surface area contributed by atoms with Crippen molar-refractivity contribution in [3.8, 4) is 0 Å². The fourth-order valence-corrected chi connectivity index (χ4v) is 2.81. The molecule has 2 atom stereocenters. The molecule has 0 saturated heterocycles. The van der Waals surface area contributed by atoms with Crippen LogP contribution in [0.3, 0.4) is 0 Å². The van der Waals surface area contributed by atoms with E-state index in [9.17, 15) is 0 Å². The number of hydrogen-bond donors (Lipinski definition) is 2. The van der Waals surface area contributed by atoms with Crippen molar-refractivity contribution >= 4 is 0 Å². The number of nitrogens with two attached hydrogens (primary N) is 2. The fraction of sp³-hybridized carbons (Fsp3) is 0.667. The molecule has 2 unspecified atom stereocenters. The van der Waals surface area contributed by atoms with Gasteiger partial charge in [0.05, 0.1) is 0 Å². The lowest BCUT2D eigenvalue weighted by Crippen LogP contribution is -2.31. The molecule has 0 bridgehead atoms. The third-order valence-electron chi connectivity index (χ3n) is 4.77. The molecule has 0 aliphatic carbocycles. The molecule has 0 fully saturated rings. The lowest BCUT2D eigenvalue weighted by molar-refractivity contribution is 0.327. The Bertz CT molecular complexity index is 428. The molecule has 0 saturated carbocycles. The van der Waals surface area contributed by atoms with Gasteiger partial charge in [0.25, 0.3) is 0 Å². The molecule has 1 rings (SSSR count). The molecule has 20 heavy (non-hydrogen) atoms. The number of hydrogen-bond acceptors (Lipinski definition) is 2. The highest BCUT2D eigenvalue weighted by Gasteiger charge is 2.24. The Morgan fingerprint density at radius 2 is 1.60 bits per heavy atom. The first-order valence-corrected chi connectivity index (χ1v) is 7.73. The molecular weight excluding hydrogens is 244 g/mol. The largest absolute Gasteiger partial charge is 0.330 e. The third-order valence-corrected chi connectivity index (χ3v) is 4.77. The maximum Gasteiger partial charge on any atom is -0.00340 e. The molecule has 0 aromatic heterocycles. The van der Waals surface area contributed by atoms with Crippen LogP contribution in [-0.4, -0.2) is 13.1 Å². The van der Waals surface area contributed by atoms with Crippen LogP contribution < -0.4 is 11.5 Å². The zero-order chi connectivity index (χ0) is 15.5. The highest BCUT2D eigenvalue weighted by molar-refractivity contribution is 5.36. The summed E-state index contributed by atoms with van der Waals surface area (Å²) >= 11 is 0. The van der Waals surface area contributed by atoms with Crippen LogP contribution >= 0.6 is 0 Å². The molecule has 0 radical (unpaired) electrons. The van der Waals surface area contributed by atoms with Gasteiger partial charge in [-0.1, -0.05) is 52.8 Å². The normalized spacial score (nSPS) is 15.4. The molecule has 2 nitrogen and oxygen atoms in total. The lowest BCUT2D eigenvalue weighted by Gasteiger charge is -2.30. The van der Waals surface area contributed by atoms with Gasteiger partial charge < -0.3 is 11.5 Å². The summed E-state index contributed by atoms with van der Waals surface area (Å²) in [4.78, 5) is 0. The van der Waals surface area contributed by atoms with Gasteiger partial charge in [0, 0.05) is 0 Å². The Labute approximate surface area is 124 Å². The molecule has 0 spiro atoms. The van der Waals surface area contributed by atoms with Gasteiger partial charge in [-0.3, -0.25) is 0 Å². The van der Waals surface area contributed by atoms with Crippen molar-refractivity contribution in [2.75, 3.05) is 13.1 Å². The summed E-state index contributed by atoms with van der Waals surface area (Å²) in [6.45, 7) is 14.9. The molecule has 0 heterocycles. The summed E-state index contributed by atoms with van der Waals surface area (Å²) in [6, 6.07) is 6.87. The molecule has 114 valence electrons. The van der Waals surface area contributed by atoms with Crippen LogP contribution in [0.2, 0.25) is 0 Å². The number of aryl methyl sites for hydroxylation is 1. The Balaban J connectivity index is 3.12. The van der Waals surface area contributed by atoms with Crippen molar-refractivity contribution in [3.63, 3.8) is 0 Å². The first kappa shape index (κ1) is 17.2. The Hall–Kier alpha value is -0.860. The predicted octanol–water partition coefficient (Wildman–Crippen LogP) is 3.57. The van der Waals surface area contributed by atoms with Gasteiger partial charge in [0.2, 0.25) is 0 Å². The topological polar surface area (TPSA) is 52.0 Å². The van der Waals surface area contributed by atoms with E-state index in [4.69, 9.17) is 11.5 Å². The summed E-state index contributed by atoms with van der Waals surface area (Å²) in [5.74, 6) is 1.37. The van der Waals surface area contributed by atoms with Crippen molar-refractivity contribution in [1.82, 2.24) is 0 Å². The van der Waals surface area contributed by atoms with Crippen LogP contribution in [0, 0.1) is 18.8 Å². The minimum Gasteiger partial charge on any atom is -0.330 e. The van der Waals surface area contributed by atoms with Gasteiger partial charge in [-0.2, -0.15) is 0 Å². The summed E-state index contributed by atoms with van der Waals surface area (Å²) in [7, 11) is 0. The molecule has 1 aromatic carbocycles. The second kappa shape index (κ2) is 6.73. The quantitative estimate of drug-likeness (QED) is 0.864. The second-order valence-corrected chi connectivity index (χ2v) is 7.20. The van der Waals surface area contributed by atoms with Gasteiger partial charge in [0.1, 0.15) is 0 Å². The van der Waals surface area contributed by atoms with E-state index in [-0.39, 0.29) is 5.41 Å². The zero-order valence-corrected chi connectivity index (χ0v) is 14.0. The highest BCUT2D eigenvalue weighted by atomic mass is 14.6. The van der Waals surface area contributed by atoms with E-state index in [1.165, 1.54) is 16.7 Å². The van der Waals surface area contributed by atoms with Crippen molar-refractivity contribution in [3.05, 3.63) is 34.9 Å². The molecule has 2 heteroatoms. The summed E-state index contributed by atoms with van der Waals surface area (Å²) in [5.41, 5.74) is 16.1. The second-order valence-electron chi connectivity index (χ2n) is 7.20. The van der Waals surface area contributed by atoms with Gasteiger partial charge in [-0.25, -0.2) is 0 Å². The van der Waals surface area contributed by atoms with Crippen molar-refractivity contribution in [2.45, 2.75) is 52.9 Å². The third kappa shape index (κ3) is 3.83. The fourth-order valence-electron chi connectivity index (χ4n) is 2.81. The predicted molar refractivity (Wildman–Crippen MR) is 89.1 cm³/mol. The van der Waals surface area contributed by atoms with Crippen molar-refractivity contribution < 1.29 is 0 Å². The van der Waals surface area contributed by atoms with Gasteiger partial charge in [0.15, 0.2) is 0 Å². The Morgan fingerprint density at radius 3 is 2.05 bits per heavy atom.